The summed E-state index contributed by atoms with van der Waals surface area (Å²) in [4.78, 5) is 16.2. The molecule has 3 rings (SSSR count). The predicted octanol–water partition coefficient (Wildman–Crippen LogP) is 2.80. The van der Waals surface area contributed by atoms with Crippen molar-refractivity contribution in [2.45, 2.75) is 39.3 Å². The molecule has 1 amide bonds. The van der Waals surface area contributed by atoms with E-state index in [0.29, 0.717) is 17.6 Å². The van der Waals surface area contributed by atoms with E-state index in [1.807, 2.05) is 24.3 Å². The molecule has 1 fully saturated rings. The Hall–Kier alpha value is -2.14. The number of benzene rings is 1. The molecule has 2 aromatic rings. The molecule has 0 unspecified atom stereocenters. The van der Waals surface area contributed by atoms with Gasteiger partial charge in [0.15, 0.2) is 5.89 Å². The second-order valence-corrected chi connectivity index (χ2v) is 5.45. The Bertz CT molecular complexity index is 642. The third-order valence-corrected chi connectivity index (χ3v) is 3.49. The van der Waals surface area contributed by atoms with Crippen LogP contribution in [-0.4, -0.2) is 16.9 Å². The molecule has 1 aliphatic rings. The van der Waals surface area contributed by atoms with Crippen molar-refractivity contribution in [3.63, 3.8) is 0 Å². The Morgan fingerprint density at radius 2 is 2.00 bits per heavy atom. The molecule has 5 heteroatoms. The number of hydrogen-bond donors (Lipinski definition) is 2. The van der Waals surface area contributed by atoms with Gasteiger partial charge in [-0.05, 0) is 37.5 Å². The zero-order chi connectivity index (χ0) is 14.8. The lowest BCUT2D eigenvalue weighted by molar-refractivity contribution is 0.0994. The Morgan fingerprint density at radius 1 is 1.29 bits per heavy atom. The summed E-state index contributed by atoms with van der Waals surface area (Å²) in [5.74, 6) is 0.503. The molecule has 1 heterocycles. The van der Waals surface area contributed by atoms with Gasteiger partial charge in [0.25, 0.3) is 5.91 Å². The van der Waals surface area contributed by atoms with E-state index < -0.39 is 0 Å². The predicted molar refractivity (Wildman–Crippen MR) is 80.2 cm³/mol. The number of anilines is 1. The summed E-state index contributed by atoms with van der Waals surface area (Å²) in [6.07, 6.45) is 2.56. The fourth-order valence-electron chi connectivity index (χ4n) is 2.19. The maximum atomic E-state index is 12.1. The van der Waals surface area contributed by atoms with Crippen molar-refractivity contribution < 1.29 is 9.21 Å². The van der Waals surface area contributed by atoms with Crippen molar-refractivity contribution in [1.29, 1.82) is 0 Å². The molecule has 21 heavy (non-hydrogen) atoms. The molecule has 0 aliphatic heterocycles. The zero-order valence-corrected chi connectivity index (χ0v) is 12.3. The smallest absolute Gasteiger partial charge is 0.293 e. The van der Waals surface area contributed by atoms with Crippen molar-refractivity contribution in [2.75, 3.05) is 5.32 Å². The maximum absolute atomic E-state index is 12.1. The van der Waals surface area contributed by atoms with Gasteiger partial charge in [-0.15, -0.1) is 0 Å². The minimum Gasteiger partial charge on any atom is -0.436 e. The van der Waals surface area contributed by atoms with Crippen LogP contribution in [0.2, 0.25) is 0 Å². The highest BCUT2D eigenvalue weighted by atomic mass is 16.4. The number of carbonyl (C=O) groups is 1. The molecular weight excluding hydrogens is 266 g/mol. The van der Waals surface area contributed by atoms with Gasteiger partial charge in [0.1, 0.15) is 0 Å². The van der Waals surface area contributed by atoms with E-state index in [9.17, 15) is 4.79 Å². The van der Waals surface area contributed by atoms with E-state index in [1.165, 1.54) is 18.4 Å². The first kappa shape index (κ1) is 13.8. The Kier molecular flexibility index (Phi) is 3.75. The monoisotopic (exact) mass is 285 g/mol. The van der Waals surface area contributed by atoms with Gasteiger partial charge in [0.2, 0.25) is 5.76 Å². The first-order valence-corrected chi connectivity index (χ1v) is 7.19. The van der Waals surface area contributed by atoms with Crippen LogP contribution in [0.1, 0.15) is 40.5 Å². The van der Waals surface area contributed by atoms with Gasteiger partial charge in [-0.3, -0.25) is 4.79 Å². The highest BCUT2D eigenvalue weighted by molar-refractivity contribution is 6.02. The van der Waals surface area contributed by atoms with Crippen LogP contribution in [0.4, 0.5) is 5.69 Å². The molecule has 0 saturated heterocycles. The van der Waals surface area contributed by atoms with Gasteiger partial charge in [-0.1, -0.05) is 12.1 Å². The fraction of sp³-hybridized carbons (Fsp3) is 0.375. The van der Waals surface area contributed by atoms with E-state index in [-0.39, 0.29) is 11.7 Å². The molecule has 0 atom stereocenters. The molecule has 1 aliphatic carbocycles. The van der Waals surface area contributed by atoms with E-state index in [0.717, 1.165) is 12.2 Å². The van der Waals surface area contributed by atoms with Crippen LogP contribution in [0.3, 0.4) is 0 Å². The van der Waals surface area contributed by atoms with Crippen LogP contribution >= 0.6 is 0 Å². The highest BCUT2D eigenvalue weighted by Crippen LogP contribution is 2.20. The van der Waals surface area contributed by atoms with Crippen LogP contribution < -0.4 is 10.6 Å². The molecule has 1 aromatic heterocycles. The number of aromatic nitrogens is 1. The number of nitrogens with zero attached hydrogens (tertiary/aromatic N) is 1. The molecule has 0 spiro atoms. The standard InChI is InChI=1S/C16H19N3O2/c1-10-15(21-11(2)18-10)16(20)19-14-5-3-12(4-6-14)9-17-13-7-8-13/h3-6,13,17H,7-9H2,1-2H3,(H,19,20). The molecule has 0 bridgehead atoms. The number of aryl methyl sites for hydroxylation is 2. The second kappa shape index (κ2) is 5.69. The molecule has 5 nitrogen and oxygen atoms in total. The van der Waals surface area contributed by atoms with Crippen LogP contribution in [0.15, 0.2) is 28.7 Å². The number of nitrogens with one attached hydrogen (secondary N) is 2. The second-order valence-electron chi connectivity index (χ2n) is 5.45. The lowest BCUT2D eigenvalue weighted by Crippen LogP contribution is -2.15. The zero-order valence-electron chi connectivity index (χ0n) is 12.3. The number of carbonyl (C=O) groups excluding carboxylic acids is 1. The third kappa shape index (κ3) is 3.49. The summed E-state index contributed by atoms with van der Waals surface area (Å²) >= 11 is 0. The van der Waals surface area contributed by atoms with Crippen molar-refractivity contribution in [1.82, 2.24) is 10.3 Å². The first-order chi connectivity index (χ1) is 10.1. The Morgan fingerprint density at radius 3 is 2.57 bits per heavy atom. The van der Waals surface area contributed by atoms with Crippen molar-refractivity contribution in [3.05, 3.63) is 47.2 Å². The SMILES string of the molecule is Cc1nc(C)c(C(=O)Nc2ccc(CNC3CC3)cc2)o1. The molecule has 110 valence electrons. The lowest BCUT2D eigenvalue weighted by atomic mass is 10.2. The summed E-state index contributed by atoms with van der Waals surface area (Å²) < 4.78 is 5.31. The van der Waals surface area contributed by atoms with Crippen LogP contribution in [-0.2, 0) is 6.54 Å². The van der Waals surface area contributed by atoms with E-state index in [4.69, 9.17) is 4.42 Å². The summed E-state index contributed by atoms with van der Waals surface area (Å²) in [6, 6.07) is 8.54. The first-order valence-electron chi connectivity index (χ1n) is 7.19. The summed E-state index contributed by atoms with van der Waals surface area (Å²) in [5.41, 5.74) is 2.57. The van der Waals surface area contributed by atoms with E-state index >= 15 is 0 Å². The number of amides is 1. The summed E-state index contributed by atoms with van der Waals surface area (Å²) in [7, 11) is 0. The third-order valence-electron chi connectivity index (χ3n) is 3.49. The Balaban J connectivity index is 1.61. The number of hydrogen-bond acceptors (Lipinski definition) is 4. The van der Waals surface area contributed by atoms with Crippen LogP contribution in [0.25, 0.3) is 0 Å². The van der Waals surface area contributed by atoms with Crippen LogP contribution in [0, 0.1) is 13.8 Å². The Labute approximate surface area is 123 Å². The largest absolute Gasteiger partial charge is 0.436 e. The number of rotatable bonds is 5. The van der Waals surface area contributed by atoms with Gasteiger partial charge in [0, 0.05) is 25.2 Å². The van der Waals surface area contributed by atoms with E-state index in [1.54, 1.807) is 13.8 Å². The topological polar surface area (TPSA) is 67.2 Å². The van der Waals surface area contributed by atoms with E-state index in [2.05, 4.69) is 15.6 Å². The van der Waals surface area contributed by atoms with Crippen molar-refractivity contribution in [3.8, 4) is 0 Å². The summed E-state index contributed by atoms with van der Waals surface area (Å²) in [5, 5.41) is 6.28. The molecular formula is C16H19N3O2. The quantitative estimate of drug-likeness (QED) is 0.886. The van der Waals surface area contributed by atoms with Gasteiger partial charge >= 0.3 is 0 Å². The molecule has 0 radical (unpaired) electrons. The summed E-state index contributed by atoms with van der Waals surface area (Å²) in [6.45, 7) is 4.36. The minimum atomic E-state index is -0.267. The van der Waals surface area contributed by atoms with Gasteiger partial charge < -0.3 is 15.1 Å². The molecule has 1 saturated carbocycles. The van der Waals surface area contributed by atoms with Gasteiger partial charge in [-0.25, -0.2) is 4.98 Å². The number of oxazole rings is 1. The normalized spacial score (nSPS) is 14.2. The minimum absolute atomic E-state index is 0.267. The average molecular weight is 285 g/mol. The highest BCUT2D eigenvalue weighted by Gasteiger charge is 2.20. The average Bonchev–Trinajstić information content (AvgIpc) is 3.22. The van der Waals surface area contributed by atoms with Gasteiger partial charge in [-0.2, -0.15) is 0 Å². The lowest BCUT2D eigenvalue weighted by Gasteiger charge is -2.06. The molecule has 1 aromatic carbocycles. The van der Waals surface area contributed by atoms with Crippen LogP contribution in [0.5, 0.6) is 0 Å². The maximum Gasteiger partial charge on any atom is 0.293 e. The fourth-order valence-corrected chi connectivity index (χ4v) is 2.19. The van der Waals surface area contributed by atoms with Crippen molar-refractivity contribution >= 4 is 11.6 Å². The molecule has 2 N–H and O–H groups in total. The van der Waals surface area contributed by atoms with Crippen molar-refractivity contribution in [2.24, 2.45) is 0 Å². The van der Waals surface area contributed by atoms with Gasteiger partial charge in [0.05, 0.1) is 5.69 Å².